The van der Waals surface area contributed by atoms with Gasteiger partial charge < -0.3 is 5.32 Å². The van der Waals surface area contributed by atoms with E-state index in [2.05, 4.69) is 17.3 Å². The third kappa shape index (κ3) is 3.38. The van der Waals surface area contributed by atoms with Crippen LogP contribution >= 0.6 is 11.6 Å². The quantitative estimate of drug-likeness (QED) is 0.879. The Morgan fingerprint density at radius 3 is 2.80 bits per heavy atom. The average Bonchev–Trinajstić information content (AvgIpc) is 2.90. The van der Waals surface area contributed by atoms with Crippen molar-refractivity contribution in [3.05, 3.63) is 52.6 Å². The Morgan fingerprint density at radius 2 is 2.20 bits per heavy atom. The maximum atomic E-state index is 13.2. The molecule has 0 aliphatic carbocycles. The van der Waals surface area contributed by atoms with Crippen LogP contribution in [0.5, 0.6) is 0 Å². The van der Waals surface area contributed by atoms with E-state index in [1.165, 1.54) is 12.1 Å². The fourth-order valence-corrected chi connectivity index (χ4v) is 2.41. The Bertz CT molecular complexity index is 568. The fraction of sp³-hybridized carbons (Fsp3) is 0.400. The third-order valence-electron chi connectivity index (χ3n) is 3.18. The van der Waals surface area contributed by atoms with Crippen LogP contribution in [0.3, 0.4) is 0 Å². The summed E-state index contributed by atoms with van der Waals surface area (Å²) in [6.07, 6.45) is 4.83. The lowest BCUT2D eigenvalue weighted by molar-refractivity contribution is 0.591. The zero-order valence-corrected chi connectivity index (χ0v) is 12.5. The van der Waals surface area contributed by atoms with Crippen LogP contribution in [0.4, 0.5) is 4.39 Å². The van der Waals surface area contributed by atoms with Gasteiger partial charge in [0.1, 0.15) is 5.82 Å². The van der Waals surface area contributed by atoms with Crippen molar-refractivity contribution in [1.29, 1.82) is 0 Å². The number of aryl methyl sites for hydroxylation is 1. The van der Waals surface area contributed by atoms with Crippen LogP contribution in [0, 0.1) is 5.82 Å². The van der Waals surface area contributed by atoms with E-state index >= 15 is 0 Å². The second kappa shape index (κ2) is 6.86. The van der Waals surface area contributed by atoms with E-state index in [9.17, 15) is 4.39 Å². The molecule has 2 rings (SSSR count). The second-order valence-corrected chi connectivity index (χ2v) is 5.09. The molecule has 1 heterocycles. The van der Waals surface area contributed by atoms with Gasteiger partial charge in [0.25, 0.3) is 0 Å². The lowest BCUT2D eigenvalue weighted by Crippen LogP contribution is -2.23. The Balaban J connectivity index is 2.35. The third-order valence-corrected chi connectivity index (χ3v) is 3.51. The molecule has 0 saturated heterocycles. The van der Waals surface area contributed by atoms with Gasteiger partial charge in [-0.05, 0) is 37.6 Å². The van der Waals surface area contributed by atoms with Crippen LogP contribution < -0.4 is 5.32 Å². The Kier molecular flexibility index (Phi) is 5.15. The molecule has 1 aromatic heterocycles. The molecule has 108 valence electrons. The van der Waals surface area contributed by atoms with Gasteiger partial charge in [-0.3, -0.25) is 4.68 Å². The molecule has 0 aliphatic heterocycles. The molecule has 0 radical (unpaired) electrons. The molecule has 1 unspecified atom stereocenters. The Morgan fingerprint density at radius 1 is 1.40 bits per heavy atom. The van der Waals surface area contributed by atoms with Crippen LogP contribution in [0.15, 0.2) is 30.6 Å². The molecule has 20 heavy (non-hydrogen) atoms. The van der Waals surface area contributed by atoms with Crippen molar-refractivity contribution in [2.45, 2.75) is 32.9 Å². The lowest BCUT2D eigenvalue weighted by Gasteiger charge is -2.19. The predicted molar refractivity (Wildman–Crippen MR) is 79.4 cm³/mol. The van der Waals surface area contributed by atoms with E-state index in [-0.39, 0.29) is 11.9 Å². The maximum absolute atomic E-state index is 13.2. The summed E-state index contributed by atoms with van der Waals surface area (Å²) in [5.41, 5.74) is 1.91. The SMILES string of the molecule is CCCNC(c1cnn(CC)c1)c1ccc(F)cc1Cl. The molecule has 5 heteroatoms. The van der Waals surface area contributed by atoms with Gasteiger partial charge in [0.05, 0.1) is 12.2 Å². The van der Waals surface area contributed by atoms with Crippen LogP contribution in [0.25, 0.3) is 0 Å². The van der Waals surface area contributed by atoms with Crippen LogP contribution in [-0.2, 0) is 6.54 Å². The molecule has 0 saturated carbocycles. The minimum atomic E-state index is -0.322. The molecule has 0 aliphatic rings. The summed E-state index contributed by atoms with van der Waals surface area (Å²) in [5.74, 6) is -0.322. The van der Waals surface area contributed by atoms with Crippen molar-refractivity contribution < 1.29 is 4.39 Å². The van der Waals surface area contributed by atoms with Gasteiger partial charge in [-0.2, -0.15) is 5.10 Å². The summed E-state index contributed by atoms with van der Waals surface area (Å²) in [7, 11) is 0. The molecule has 3 nitrogen and oxygen atoms in total. The first-order valence-corrected chi connectivity index (χ1v) is 7.24. The summed E-state index contributed by atoms with van der Waals surface area (Å²) in [5, 5.41) is 8.17. The van der Waals surface area contributed by atoms with Gasteiger partial charge in [0, 0.05) is 23.3 Å². The van der Waals surface area contributed by atoms with Crippen molar-refractivity contribution in [3.63, 3.8) is 0 Å². The summed E-state index contributed by atoms with van der Waals surface area (Å²) >= 11 is 6.19. The molecule has 1 aromatic carbocycles. The van der Waals surface area contributed by atoms with Crippen LogP contribution in [0.2, 0.25) is 5.02 Å². The first-order valence-electron chi connectivity index (χ1n) is 6.86. The highest BCUT2D eigenvalue weighted by Gasteiger charge is 2.18. The first kappa shape index (κ1) is 15.0. The number of nitrogens with zero attached hydrogens (tertiary/aromatic N) is 2. The topological polar surface area (TPSA) is 29.9 Å². The number of hydrogen-bond acceptors (Lipinski definition) is 2. The van der Waals surface area contributed by atoms with Crippen molar-refractivity contribution in [3.8, 4) is 0 Å². The predicted octanol–water partition coefficient (Wildman–Crippen LogP) is 3.78. The highest BCUT2D eigenvalue weighted by Crippen LogP contribution is 2.28. The zero-order valence-electron chi connectivity index (χ0n) is 11.7. The fourth-order valence-electron chi connectivity index (χ4n) is 2.13. The number of aromatic nitrogens is 2. The monoisotopic (exact) mass is 295 g/mol. The number of nitrogens with one attached hydrogen (secondary N) is 1. The van der Waals surface area contributed by atoms with Crippen LogP contribution in [-0.4, -0.2) is 16.3 Å². The molecule has 0 fully saturated rings. The Hall–Kier alpha value is -1.39. The van der Waals surface area contributed by atoms with E-state index < -0.39 is 0 Å². The van der Waals surface area contributed by atoms with Gasteiger partial charge in [-0.25, -0.2) is 4.39 Å². The molecule has 0 amide bonds. The molecule has 2 aromatic rings. The van der Waals surface area contributed by atoms with Crippen molar-refractivity contribution in [2.75, 3.05) is 6.54 Å². The van der Waals surface area contributed by atoms with Crippen molar-refractivity contribution in [2.24, 2.45) is 0 Å². The number of hydrogen-bond donors (Lipinski definition) is 1. The highest BCUT2D eigenvalue weighted by molar-refractivity contribution is 6.31. The van der Waals surface area contributed by atoms with Crippen molar-refractivity contribution in [1.82, 2.24) is 15.1 Å². The van der Waals surface area contributed by atoms with E-state index in [4.69, 9.17) is 11.6 Å². The summed E-state index contributed by atoms with van der Waals surface area (Å²) in [6, 6.07) is 4.45. The minimum Gasteiger partial charge on any atom is -0.306 e. The molecule has 1 N–H and O–H groups in total. The Labute approximate surface area is 123 Å². The average molecular weight is 296 g/mol. The molecular formula is C15H19ClFN3. The van der Waals surface area contributed by atoms with E-state index in [0.717, 1.165) is 30.6 Å². The number of rotatable bonds is 6. The minimum absolute atomic E-state index is 0.0663. The summed E-state index contributed by atoms with van der Waals surface area (Å²) in [6.45, 7) is 5.81. The zero-order chi connectivity index (χ0) is 14.5. The van der Waals surface area contributed by atoms with Gasteiger partial charge in [-0.15, -0.1) is 0 Å². The van der Waals surface area contributed by atoms with E-state index in [1.54, 1.807) is 6.07 Å². The van der Waals surface area contributed by atoms with E-state index in [0.29, 0.717) is 5.02 Å². The highest BCUT2D eigenvalue weighted by atomic mass is 35.5. The number of benzene rings is 1. The summed E-state index contributed by atoms with van der Waals surface area (Å²) in [4.78, 5) is 0. The normalized spacial score (nSPS) is 12.6. The van der Waals surface area contributed by atoms with Gasteiger partial charge in [-0.1, -0.05) is 24.6 Å². The van der Waals surface area contributed by atoms with Crippen molar-refractivity contribution >= 4 is 11.6 Å². The molecule has 0 spiro atoms. The lowest BCUT2D eigenvalue weighted by atomic mass is 10.0. The van der Waals surface area contributed by atoms with Crippen LogP contribution in [0.1, 0.15) is 37.4 Å². The maximum Gasteiger partial charge on any atom is 0.124 e. The van der Waals surface area contributed by atoms with Gasteiger partial charge >= 0.3 is 0 Å². The summed E-state index contributed by atoms with van der Waals surface area (Å²) < 4.78 is 15.1. The van der Waals surface area contributed by atoms with Gasteiger partial charge in [0.15, 0.2) is 0 Å². The molecule has 0 bridgehead atoms. The molecule has 1 atom stereocenters. The molecular weight excluding hydrogens is 277 g/mol. The van der Waals surface area contributed by atoms with Gasteiger partial charge in [0.2, 0.25) is 0 Å². The smallest absolute Gasteiger partial charge is 0.124 e. The van der Waals surface area contributed by atoms with E-state index in [1.807, 2.05) is 24.0 Å². The largest absolute Gasteiger partial charge is 0.306 e. The standard InChI is InChI=1S/C15H19ClFN3/c1-3-7-18-15(11-9-19-20(4-2)10-11)13-6-5-12(17)8-14(13)16/h5-6,8-10,15,18H,3-4,7H2,1-2H3. The second-order valence-electron chi connectivity index (χ2n) is 4.68. The first-order chi connectivity index (χ1) is 9.65. The number of halogens is 2.